The Hall–Kier alpha value is -0.640. The van der Waals surface area contributed by atoms with Crippen LogP contribution in [-0.2, 0) is 15.8 Å². The first-order chi connectivity index (χ1) is 9.84. The molecule has 114 valence electrons. The molecule has 5 nitrogen and oxygen atoms in total. The third-order valence-electron chi connectivity index (χ3n) is 2.26. The van der Waals surface area contributed by atoms with E-state index in [1.807, 2.05) is 26.0 Å². The molecule has 0 amide bonds. The molecule has 0 radical (unpaired) electrons. The van der Waals surface area contributed by atoms with Gasteiger partial charge >= 0.3 is 0 Å². The molecule has 0 bridgehead atoms. The molecule has 1 aromatic heterocycles. The van der Waals surface area contributed by atoms with Crippen molar-refractivity contribution < 1.29 is 8.42 Å². The van der Waals surface area contributed by atoms with Crippen molar-refractivity contribution in [2.75, 3.05) is 4.72 Å². The molecular weight excluding hydrogens is 394 g/mol. The van der Waals surface area contributed by atoms with Gasteiger partial charge in [0.05, 0.1) is 5.75 Å². The second-order valence-corrected chi connectivity index (χ2v) is 9.97. The lowest BCUT2D eigenvalue weighted by Gasteiger charge is -2.04. The molecule has 1 aromatic carbocycles. The van der Waals surface area contributed by atoms with E-state index in [2.05, 4.69) is 30.8 Å². The van der Waals surface area contributed by atoms with Crippen LogP contribution in [0.1, 0.15) is 19.4 Å². The van der Waals surface area contributed by atoms with Crippen molar-refractivity contribution in [1.82, 2.24) is 10.2 Å². The highest BCUT2D eigenvalue weighted by atomic mass is 79.9. The van der Waals surface area contributed by atoms with Gasteiger partial charge in [0, 0.05) is 9.72 Å². The van der Waals surface area contributed by atoms with E-state index in [1.165, 1.54) is 11.3 Å². The Balaban J connectivity index is 2.03. The Labute approximate surface area is 140 Å². The van der Waals surface area contributed by atoms with Gasteiger partial charge in [0.1, 0.15) is 0 Å². The van der Waals surface area contributed by atoms with Crippen molar-refractivity contribution in [2.45, 2.75) is 29.2 Å². The molecule has 0 spiro atoms. The summed E-state index contributed by atoms with van der Waals surface area (Å²) in [6.45, 7) is 4.09. The quantitative estimate of drug-likeness (QED) is 0.738. The zero-order valence-electron chi connectivity index (χ0n) is 11.4. The largest absolute Gasteiger partial charge is 0.257 e. The number of nitrogens with one attached hydrogen (secondary N) is 1. The molecule has 1 N–H and O–H groups in total. The molecule has 0 saturated heterocycles. The third-order valence-corrected chi connectivity index (χ3v) is 6.06. The SMILES string of the molecule is CC(C)Sc1nnc(NS(=O)(=O)Cc2ccc(Br)cc2)s1. The normalized spacial score (nSPS) is 11.8. The zero-order valence-corrected chi connectivity index (χ0v) is 15.4. The smallest absolute Gasteiger partial charge is 0.238 e. The van der Waals surface area contributed by atoms with Gasteiger partial charge in [-0.15, -0.1) is 10.2 Å². The lowest BCUT2D eigenvalue weighted by atomic mass is 10.2. The van der Waals surface area contributed by atoms with Gasteiger partial charge in [0.15, 0.2) is 4.34 Å². The van der Waals surface area contributed by atoms with E-state index in [0.29, 0.717) is 15.9 Å². The predicted molar refractivity (Wildman–Crippen MR) is 91.3 cm³/mol. The fourth-order valence-electron chi connectivity index (χ4n) is 1.47. The van der Waals surface area contributed by atoms with Crippen LogP contribution >= 0.6 is 39.0 Å². The van der Waals surface area contributed by atoms with Gasteiger partial charge < -0.3 is 0 Å². The molecule has 1 heterocycles. The second kappa shape index (κ2) is 7.08. The summed E-state index contributed by atoms with van der Waals surface area (Å²) in [6, 6.07) is 7.16. The van der Waals surface area contributed by atoms with Gasteiger partial charge in [0.2, 0.25) is 15.2 Å². The van der Waals surface area contributed by atoms with Crippen LogP contribution in [-0.4, -0.2) is 23.9 Å². The molecule has 0 atom stereocenters. The van der Waals surface area contributed by atoms with Gasteiger partial charge in [-0.25, -0.2) is 8.42 Å². The van der Waals surface area contributed by atoms with E-state index >= 15 is 0 Å². The van der Waals surface area contributed by atoms with E-state index in [9.17, 15) is 8.42 Å². The summed E-state index contributed by atoms with van der Waals surface area (Å²) in [4.78, 5) is 0. The summed E-state index contributed by atoms with van der Waals surface area (Å²) in [5.74, 6) is -0.0908. The first-order valence-electron chi connectivity index (χ1n) is 6.09. The summed E-state index contributed by atoms with van der Waals surface area (Å²) in [5.41, 5.74) is 0.715. The number of hydrogen-bond acceptors (Lipinski definition) is 6. The van der Waals surface area contributed by atoms with Crippen molar-refractivity contribution in [1.29, 1.82) is 0 Å². The summed E-state index contributed by atoms with van der Waals surface area (Å²) in [6.07, 6.45) is 0. The Morgan fingerprint density at radius 3 is 2.57 bits per heavy atom. The maximum absolute atomic E-state index is 12.1. The molecule has 0 fully saturated rings. The molecular formula is C12H14BrN3O2S3. The molecule has 0 unspecified atom stereocenters. The van der Waals surface area contributed by atoms with Gasteiger partial charge in [-0.3, -0.25) is 4.72 Å². The molecule has 9 heteroatoms. The van der Waals surface area contributed by atoms with Crippen LogP contribution in [0.3, 0.4) is 0 Å². The number of thioether (sulfide) groups is 1. The molecule has 0 aliphatic heterocycles. The lowest BCUT2D eigenvalue weighted by molar-refractivity contribution is 0.600. The van der Waals surface area contributed by atoms with Gasteiger partial charge in [-0.1, -0.05) is 65.0 Å². The maximum atomic E-state index is 12.1. The lowest BCUT2D eigenvalue weighted by Crippen LogP contribution is -2.14. The zero-order chi connectivity index (χ0) is 15.5. The van der Waals surface area contributed by atoms with Crippen molar-refractivity contribution >= 4 is 54.2 Å². The topological polar surface area (TPSA) is 72.0 Å². The fraction of sp³-hybridized carbons (Fsp3) is 0.333. The van der Waals surface area contributed by atoms with Crippen LogP contribution in [0, 0.1) is 0 Å². The summed E-state index contributed by atoms with van der Waals surface area (Å²) >= 11 is 6.12. The van der Waals surface area contributed by atoms with Gasteiger partial charge in [-0.2, -0.15) is 0 Å². The van der Waals surface area contributed by atoms with E-state index < -0.39 is 10.0 Å². The number of hydrogen-bond donors (Lipinski definition) is 1. The van der Waals surface area contributed by atoms with E-state index in [-0.39, 0.29) is 5.75 Å². The van der Waals surface area contributed by atoms with Crippen molar-refractivity contribution in [3.05, 3.63) is 34.3 Å². The Morgan fingerprint density at radius 2 is 1.95 bits per heavy atom. The van der Waals surface area contributed by atoms with Crippen LogP contribution in [0.5, 0.6) is 0 Å². The average Bonchev–Trinajstić information content (AvgIpc) is 2.77. The molecule has 0 aliphatic carbocycles. The predicted octanol–water partition coefficient (Wildman–Crippen LogP) is 3.74. The first-order valence-corrected chi connectivity index (χ1v) is 10.2. The number of sulfonamides is 1. The second-order valence-electron chi connectivity index (χ2n) is 4.53. The molecule has 21 heavy (non-hydrogen) atoms. The summed E-state index contributed by atoms with van der Waals surface area (Å²) < 4.78 is 28.3. The maximum Gasteiger partial charge on any atom is 0.238 e. The standard InChI is InChI=1S/C12H14BrN3O2S3/c1-8(2)19-12-15-14-11(20-12)16-21(17,18)7-9-3-5-10(13)6-4-9/h3-6,8H,7H2,1-2H3,(H,14,16). The van der Waals surface area contributed by atoms with Crippen molar-refractivity contribution in [3.8, 4) is 0 Å². The number of benzene rings is 1. The highest BCUT2D eigenvalue weighted by molar-refractivity contribution is 9.10. The Kier molecular flexibility index (Phi) is 5.64. The Morgan fingerprint density at radius 1 is 1.29 bits per heavy atom. The van der Waals surface area contributed by atoms with Gasteiger partial charge in [-0.05, 0) is 17.7 Å². The van der Waals surface area contributed by atoms with Crippen molar-refractivity contribution in [2.24, 2.45) is 0 Å². The van der Waals surface area contributed by atoms with Crippen molar-refractivity contribution in [3.63, 3.8) is 0 Å². The molecule has 0 aliphatic rings. The minimum atomic E-state index is -3.48. The fourth-order valence-corrected chi connectivity index (χ4v) is 5.12. The minimum absolute atomic E-state index is 0.0908. The monoisotopic (exact) mass is 407 g/mol. The Bertz CT molecular complexity index is 699. The minimum Gasteiger partial charge on any atom is -0.257 e. The van der Waals surface area contributed by atoms with E-state index in [4.69, 9.17) is 0 Å². The van der Waals surface area contributed by atoms with Crippen LogP contribution in [0.2, 0.25) is 0 Å². The van der Waals surface area contributed by atoms with E-state index in [0.717, 1.165) is 8.81 Å². The average molecular weight is 408 g/mol. The number of halogens is 1. The third kappa shape index (κ3) is 5.57. The number of nitrogens with zero attached hydrogens (tertiary/aromatic N) is 2. The molecule has 2 rings (SSSR count). The highest BCUT2D eigenvalue weighted by Gasteiger charge is 2.15. The number of aromatic nitrogens is 2. The highest BCUT2D eigenvalue weighted by Crippen LogP contribution is 2.29. The number of anilines is 1. The molecule has 0 saturated carbocycles. The van der Waals surface area contributed by atoms with E-state index in [1.54, 1.807) is 23.9 Å². The summed E-state index contributed by atoms with van der Waals surface area (Å²) in [5, 5.41) is 8.50. The van der Waals surface area contributed by atoms with Crippen LogP contribution in [0.4, 0.5) is 5.13 Å². The van der Waals surface area contributed by atoms with Crippen LogP contribution < -0.4 is 4.72 Å². The van der Waals surface area contributed by atoms with Crippen LogP contribution in [0.25, 0.3) is 0 Å². The van der Waals surface area contributed by atoms with Gasteiger partial charge in [0.25, 0.3) is 0 Å². The summed E-state index contributed by atoms with van der Waals surface area (Å²) in [7, 11) is -3.48. The first kappa shape index (κ1) is 16.7. The number of rotatable bonds is 6. The van der Waals surface area contributed by atoms with Crippen LogP contribution in [0.15, 0.2) is 33.1 Å². The molecule has 2 aromatic rings.